The van der Waals surface area contributed by atoms with Crippen molar-refractivity contribution >= 4 is 17.5 Å². The van der Waals surface area contributed by atoms with E-state index in [9.17, 15) is 9.59 Å². The van der Waals surface area contributed by atoms with Crippen LogP contribution in [-0.2, 0) is 0 Å². The minimum atomic E-state index is -0.354. The summed E-state index contributed by atoms with van der Waals surface area (Å²) in [6.45, 7) is 1.40. The molecular formula is C18H18ClN3O2. The number of benzene rings is 1. The molecule has 2 aromatic rings. The van der Waals surface area contributed by atoms with Crippen LogP contribution in [0, 0.1) is 5.41 Å². The van der Waals surface area contributed by atoms with Gasteiger partial charge in [-0.1, -0.05) is 30.2 Å². The second-order valence-corrected chi connectivity index (χ2v) is 7.25. The number of carbonyl (C=O) groups is 1. The van der Waals surface area contributed by atoms with Crippen LogP contribution in [-0.4, -0.2) is 33.9 Å². The Kier molecular flexibility index (Phi) is 3.68. The number of likely N-dealkylation sites (tertiary alicyclic amines) is 1. The maximum atomic E-state index is 12.8. The highest BCUT2D eigenvalue weighted by Gasteiger charge is 2.52. The van der Waals surface area contributed by atoms with Crippen molar-refractivity contribution in [3.63, 3.8) is 0 Å². The van der Waals surface area contributed by atoms with Crippen molar-refractivity contribution in [1.29, 1.82) is 0 Å². The molecule has 0 unspecified atom stereocenters. The van der Waals surface area contributed by atoms with Crippen molar-refractivity contribution in [2.24, 2.45) is 5.41 Å². The Hall–Kier alpha value is -2.14. The van der Waals surface area contributed by atoms with Gasteiger partial charge in [-0.3, -0.25) is 14.6 Å². The average Bonchev–Trinajstić information content (AvgIpc) is 2.96. The standard InChI is InChI=1S/C18H18ClN3O2/c19-13-4-2-12(3-5-13)14-10-22(11-18(14)6-1-7-18)17(24)15-8-20-9-16(23)21-15/h2-5,8-9,14H,1,6-7,10-11H2,(H,21,23)/t14-/m1/s1. The molecule has 1 saturated carbocycles. The van der Waals surface area contributed by atoms with Crippen molar-refractivity contribution in [2.75, 3.05) is 13.1 Å². The van der Waals surface area contributed by atoms with Crippen molar-refractivity contribution in [3.05, 3.63) is 63.3 Å². The van der Waals surface area contributed by atoms with Gasteiger partial charge in [-0.25, -0.2) is 0 Å². The molecule has 1 aromatic carbocycles. The van der Waals surface area contributed by atoms with Gasteiger partial charge in [0.1, 0.15) is 5.69 Å². The number of H-pyrrole nitrogens is 1. The number of aromatic amines is 1. The van der Waals surface area contributed by atoms with E-state index in [4.69, 9.17) is 11.6 Å². The van der Waals surface area contributed by atoms with Gasteiger partial charge in [0.15, 0.2) is 0 Å². The first-order valence-corrected chi connectivity index (χ1v) is 8.54. The molecule has 6 heteroatoms. The van der Waals surface area contributed by atoms with Crippen LogP contribution in [0.1, 0.15) is 41.2 Å². The fraction of sp³-hybridized carbons (Fsp3) is 0.389. The average molecular weight is 344 g/mol. The Morgan fingerprint density at radius 2 is 2.00 bits per heavy atom. The van der Waals surface area contributed by atoms with Gasteiger partial charge >= 0.3 is 0 Å². The third-order valence-electron chi connectivity index (χ3n) is 5.44. The molecule has 1 aromatic heterocycles. The third-order valence-corrected chi connectivity index (χ3v) is 5.69. The molecule has 1 N–H and O–H groups in total. The topological polar surface area (TPSA) is 66.1 Å². The van der Waals surface area contributed by atoms with Crippen LogP contribution in [0.4, 0.5) is 0 Å². The highest BCUT2D eigenvalue weighted by atomic mass is 35.5. The van der Waals surface area contributed by atoms with Gasteiger partial charge in [0.25, 0.3) is 11.5 Å². The first-order chi connectivity index (χ1) is 11.6. The van der Waals surface area contributed by atoms with Crippen LogP contribution in [0.15, 0.2) is 41.5 Å². The Labute approximate surface area is 144 Å². The van der Waals surface area contributed by atoms with E-state index in [2.05, 4.69) is 22.1 Å². The fourth-order valence-electron chi connectivity index (χ4n) is 4.07. The Morgan fingerprint density at radius 3 is 2.62 bits per heavy atom. The Morgan fingerprint density at radius 1 is 1.25 bits per heavy atom. The molecule has 124 valence electrons. The summed E-state index contributed by atoms with van der Waals surface area (Å²) in [4.78, 5) is 32.4. The van der Waals surface area contributed by atoms with Crippen LogP contribution in [0.25, 0.3) is 0 Å². The van der Waals surface area contributed by atoms with Crippen LogP contribution in [0.2, 0.25) is 5.02 Å². The summed E-state index contributed by atoms with van der Waals surface area (Å²) in [5.41, 5.74) is 1.29. The summed E-state index contributed by atoms with van der Waals surface area (Å²) in [6.07, 6.45) is 6.06. The SMILES string of the molecule is O=C(c1cncc(=O)[nH]1)N1C[C@H](c2ccc(Cl)cc2)C2(CCC2)C1. The highest BCUT2D eigenvalue weighted by Crippen LogP contribution is 2.55. The van der Waals surface area contributed by atoms with Gasteiger partial charge in [-0.15, -0.1) is 0 Å². The van der Waals surface area contributed by atoms with Crippen molar-refractivity contribution in [1.82, 2.24) is 14.9 Å². The lowest BCUT2D eigenvalue weighted by molar-refractivity contribution is 0.0719. The summed E-state index contributed by atoms with van der Waals surface area (Å²) in [5, 5.41) is 0.722. The Bertz CT molecular complexity index is 827. The number of rotatable bonds is 2. The molecule has 1 saturated heterocycles. The van der Waals surface area contributed by atoms with Gasteiger partial charge in [0.2, 0.25) is 0 Å². The van der Waals surface area contributed by atoms with E-state index in [0.717, 1.165) is 24.4 Å². The van der Waals surface area contributed by atoms with E-state index < -0.39 is 0 Å². The molecule has 2 aliphatic rings. The van der Waals surface area contributed by atoms with E-state index in [0.29, 0.717) is 12.5 Å². The minimum absolute atomic E-state index is 0.150. The molecule has 1 atom stereocenters. The molecule has 1 aliphatic heterocycles. The summed E-state index contributed by atoms with van der Waals surface area (Å²) in [5.74, 6) is 0.166. The lowest BCUT2D eigenvalue weighted by atomic mass is 9.61. The molecule has 5 nitrogen and oxygen atoms in total. The second-order valence-electron chi connectivity index (χ2n) is 6.82. The first kappa shape index (κ1) is 15.4. The van der Waals surface area contributed by atoms with E-state index in [1.54, 1.807) is 0 Å². The normalized spacial score (nSPS) is 21.7. The number of halogens is 1. The molecule has 2 fully saturated rings. The quantitative estimate of drug-likeness (QED) is 0.911. The molecule has 0 radical (unpaired) electrons. The second kappa shape index (κ2) is 5.74. The summed E-state index contributed by atoms with van der Waals surface area (Å²) in [6, 6.07) is 7.94. The lowest BCUT2D eigenvalue weighted by Crippen LogP contribution is -2.38. The first-order valence-electron chi connectivity index (χ1n) is 8.16. The van der Waals surface area contributed by atoms with E-state index in [-0.39, 0.29) is 22.6 Å². The smallest absolute Gasteiger partial charge is 0.272 e. The predicted molar refractivity (Wildman–Crippen MR) is 91.2 cm³/mol. The van der Waals surface area contributed by atoms with Gasteiger partial charge < -0.3 is 9.88 Å². The molecule has 1 spiro atoms. The number of nitrogens with zero attached hydrogens (tertiary/aromatic N) is 2. The predicted octanol–water partition coefficient (Wildman–Crippen LogP) is 2.83. The number of nitrogens with one attached hydrogen (secondary N) is 1. The van der Waals surface area contributed by atoms with Crippen LogP contribution in [0.5, 0.6) is 0 Å². The molecule has 4 rings (SSSR count). The summed E-state index contributed by atoms with van der Waals surface area (Å²) in [7, 11) is 0. The molecular weight excluding hydrogens is 326 g/mol. The van der Waals surface area contributed by atoms with Crippen molar-refractivity contribution in [3.8, 4) is 0 Å². The number of carbonyl (C=O) groups excluding carboxylic acids is 1. The molecule has 24 heavy (non-hydrogen) atoms. The van der Waals surface area contributed by atoms with Gasteiger partial charge in [0.05, 0.1) is 12.4 Å². The van der Waals surface area contributed by atoms with Crippen molar-refractivity contribution in [2.45, 2.75) is 25.2 Å². The summed E-state index contributed by atoms with van der Waals surface area (Å²) < 4.78 is 0. The monoisotopic (exact) mass is 343 g/mol. The number of aromatic nitrogens is 2. The number of hydrogen-bond acceptors (Lipinski definition) is 3. The zero-order valence-electron chi connectivity index (χ0n) is 13.2. The number of hydrogen-bond donors (Lipinski definition) is 1. The third kappa shape index (κ3) is 2.53. The van der Waals surface area contributed by atoms with Crippen molar-refractivity contribution < 1.29 is 4.79 Å². The molecule has 1 amide bonds. The van der Waals surface area contributed by atoms with E-state index in [1.807, 2.05) is 17.0 Å². The van der Waals surface area contributed by atoms with Gasteiger partial charge in [-0.05, 0) is 36.0 Å². The summed E-state index contributed by atoms with van der Waals surface area (Å²) >= 11 is 6.01. The zero-order valence-corrected chi connectivity index (χ0v) is 13.9. The van der Waals surface area contributed by atoms with Crippen LogP contribution in [0.3, 0.4) is 0 Å². The van der Waals surface area contributed by atoms with E-state index >= 15 is 0 Å². The van der Waals surface area contributed by atoms with Crippen LogP contribution < -0.4 is 5.56 Å². The maximum absolute atomic E-state index is 12.8. The molecule has 1 aliphatic carbocycles. The Balaban J connectivity index is 1.62. The number of amides is 1. The largest absolute Gasteiger partial charge is 0.336 e. The minimum Gasteiger partial charge on any atom is -0.336 e. The maximum Gasteiger partial charge on any atom is 0.272 e. The lowest BCUT2D eigenvalue weighted by Gasteiger charge is -2.43. The van der Waals surface area contributed by atoms with Crippen LogP contribution >= 0.6 is 11.6 Å². The highest BCUT2D eigenvalue weighted by molar-refractivity contribution is 6.30. The molecule has 2 heterocycles. The van der Waals surface area contributed by atoms with E-state index in [1.165, 1.54) is 24.4 Å². The zero-order chi connectivity index (χ0) is 16.7. The van der Waals surface area contributed by atoms with Gasteiger partial charge in [0, 0.05) is 24.0 Å². The van der Waals surface area contributed by atoms with Gasteiger partial charge in [-0.2, -0.15) is 0 Å². The fourth-order valence-corrected chi connectivity index (χ4v) is 4.20. The molecule has 0 bridgehead atoms.